The molecule has 0 fully saturated rings. The van der Waals surface area contributed by atoms with Crippen LogP contribution in [0.15, 0.2) is 67.8 Å². The molecule has 2 aromatic rings. The predicted molar refractivity (Wildman–Crippen MR) is 98.5 cm³/mol. The summed E-state index contributed by atoms with van der Waals surface area (Å²) in [5.74, 6) is -1.58. The molecule has 1 aliphatic heterocycles. The van der Waals surface area contributed by atoms with Gasteiger partial charge in [-0.25, -0.2) is 9.59 Å². The van der Waals surface area contributed by atoms with Crippen LogP contribution >= 0.6 is 0 Å². The molecule has 1 unspecified atom stereocenters. The third-order valence-corrected chi connectivity index (χ3v) is 4.06. The molecule has 1 atom stereocenters. The summed E-state index contributed by atoms with van der Waals surface area (Å²) in [5.41, 5.74) is 1.85. The Morgan fingerprint density at radius 1 is 1.04 bits per heavy atom. The van der Waals surface area contributed by atoms with E-state index in [1.165, 1.54) is 6.07 Å². The summed E-state index contributed by atoms with van der Waals surface area (Å²) in [6.45, 7) is 6.71. The molecule has 3 rings (SSSR count). The van der Waals surface area contributed by atoms with Crippen molar-refractivity contribution in [1.82, 2.24) is 5.32 Å². The second kappa shape index (κ2) is 7.70. The van der Waals surface area contributed by atoms with Gasteiger partial charge in [0.1, 0.15) is 11.5 Å². The van der Waals surface area contributed by atoms with Crippen LogP contribution in [0.2, 0.25) is 0 Å². The van der Waals surface area contributed by atoms with E-state index in [0.717, 1.165) is 17.7 Å². The number of carbonyl (C=O) groups excluding carboxylic acids is 3. The lowest BCUT2D eigenvalue weighted by Crippen LogP contribution is -2.20. The van der Waals surface area contributed by atoms with Crippen LogP contribution in [0.5, 0.6) is 11.5 Å². The van der Waals surface area contributed by atoms with Crippen molar-refractivity contribution in [2.75, 3.05) is 0 Å². The molecule has 1 N–H and O–H groups in total. The highest BCUT2D eigenvalue weighted by molar-refractivity contribution is 6.03. The van der Waals surface area contributed by atoms with Crippen molar-refractivity contribution in [3.63, 3.8) is 0 Å². The van der Waals surface area contributed by atoms with Crippen molar-refractivity contribution in [3.8, 4) is 11.5 Å². The highest BCUT2D eigenvalue weighted by Crippen LogP contribution is 2.38. The zero-order valence-electron chi connectivity index (χ0n) is 14.4. The average Bonchev–Trinajstić information content (AvgIpc) is 2.98. The molecule has 0 aliphatic carbocycles. The summed E-state index contributed by atoms with van der Waals surface area (Å²) in [4.78, 5) is 35.7. The molecule has 0 radical (unpaired) electrons. The minimum Gasteiger partial charge on any atom is -0.423 e. The van der Waals surface area contributed by atoms with Crippen molar-refractivity contribution in [1.29, 1.82) is 0 Å². The Morgan fingerprint density at radius 2 is 1.70 bits per heavy atom. The van der Waals surface area contributed by atoms with Crippen molar-refractivity contribution < 1.29 is 23.9 Å². The highest BCUT2D eigenvalue weighted by Gasteiger charge is 2.33. The highest BCUT2D eigenvalue weighted by atomic mass is 16.5. The van der Waals surface area contributed by atoms with Crippen molar-refractivity contribution in [2.24, 2.45) is 0 Å². The second-order valence-corrected chi connectivity index (χ2v) is 5.85. The van der Waals surface area contributed by atoms with Gasteiger partial charge in [0.05, 0.1) is 11.6 Å². The minimum absolute atomic E-state index is 0.0114. The van der Waals surface area contributed by atoms with Crippen LogP contribution in [-0.2, 0) is 16.0 Å². The smallest absolute Gasteiger partial charge is 0.335 e. The van der Waals surface area contributed by atoms with Crippen molar-refractivity contribution in [2.45, 2.75) is 12.5 Å². The lowest BCUT2D eigenvalue weighted by Gasteiger charge is -2.14. The molecule has 136 valence electrons. The summed E-state index contributed by atoms with van der Waals surface area (Å²) in [6, 6.07) is 12.2. The fourth-order valence-corrected chi connectivity index (χ4v) is 2.89. The molecule has 0 aromatic heterocycles. The van der Waals surface area contributed by atoms with Gasteiger partial charge in [0.2, 0.25) is 0 Å². The van der Waals surface area contributed by atoms with Gasteiger partial charge in [-0.05, 0) is 23.6 Å². The number of fused-ring (bicyclic) bond motifs is 1. The molecule has 0 saturated carbocycles. The van der Waals surface area contributed by atoms with E-state index in [4.69, 9.17) is 9.47 Å². The normalized spacial score (nSPS) is 14.7. The lowest BCUT2D eigenvalue weighted by molar-refractivity contribution is -0.129. The Labute approximate surface area is 156 Å². The molecule has 0 spiro atoms. The Balaban J connectivity index is 2.03. The topological polar surface area (TPSA) is 81.7 Å². The molecule has 6 nitrogen and oxygen atoms in total. The van der Waals surface area contributed by atoms with Crippen LogP contribution in [0, 0.1) is 0 Å². The SMILES string of the molecule is C=CC(=O)Oc1cc(OC(=O)C=C)c2c(c1)C(Cc1ccccc1)NC2=O. The molecule has 0 saturated heterocycles. The average molecular weight is 363 g/mol. The number of hydrogen-bond acceptors (Lipinski definition) is 5. The van der Waals surface area contributed by atoms with Gasteiger partial charge in [-0.2, -0.15) is 0 Å². The third-order valence-electron chi connectivity index (χ3n) is 4.06. The lowest BCUT2D eigenvalue weighted by atomic mass is 9.97. The summed E-state index contributed by atoms with van der Waals surface area (Å²) >= 11 is 0. The largest absolute Gasteiger partial charge is 0.423 e. The number of carbonyl (C=O) groups is 3. The van der Waals surface area contributed by atoms with E-state index in [2.05, 4.69) is 18.5 Å². The molecule has 6 heteroatoms. The number of nitrogens with one attached hydrogen (secondary N) is 1. The summed E-state index contributed by atoms with van der Waals surface area (Å²) in [7, 11) is 0. The van der Waals surface area contributed by atoms with Crippen LogP contribution in [0.4, 0.5) is 0 Å². The van der Waals surface area contributed by atoms with Gasteiger partial charge in [0, 0.05) is 18.2 Å². The van der Waals surface area contributed by atoms with E-state index in [0.29, 0.717) is 12.0 Å². The van der Waals surface area contributed by atoms with E-state index >= 15 is 0 Å². The van der Waals surface area contributed by atoms with Gasteiger partial charge >= 0.3 is 11.9 Å². The zero-order chi connectivity index (χ0) is 19.4. The number of benzene rings is 2. The summed E-state index contributed by atoms with van der Waals surface area (Å²) in [6.07, 6.45) is 2.55. The maximum atomic E-state index is 12.5. The van der Waals surface area contributed by atoms with Crippen LogP contribution in [-0.4, -0.2) is 17.8 Å². The molecule has 1 heterocycles. The Kier molecular flexibility index (Phi) is 5.17. The van der Waals surface area contributed by atoms with E-state index in [9.17, 15) is 14.4 Å². The summed E-state index contributed by atoms with van der Waals surface area (Å²) < 4.78 is 10.4. The van der Waals surface area contributed by atoms with Gasteiger partial charge in [0.15, 0.2) is 0 Å². The fraction of sp³-hybridized carbons (Fsp3) is 0.0952. The first-order chi connectivity index (χ1) is 13.0. The first kappa shape index (κ1) is 18.1. The molecule has 2 aromatic carbocycles. The van der Waals surface area contributed by atoms with E-state index in [1.54, 1.807) is 6.07 Å². The van der Waals surface area contributed by atoms with Crippen LogP contribution < -0.4 is 14.8 Å². The Bertz CT molecular complexity index is 933. The molecule has 27 heavy (non-hydrogen) atoms. The first-order valence-corrected chi connectivity index (χ1v) is 8.23. The van der Waals surface area contributed by atoms with Gasteiger partial charge < -0.3 is 14.8 Å². The number of hydrogen-bond donors (Lipinski definition) is 1. The Morgan fingerprint density at radius 3 is 2.37 bits per heavy atom. The monoisotopic (exact) mass is 363 g/mol. The predicted octanol–water partition coefficient (Wildman–Crippen LogP) is 2.90. The second-order valence-electron chi connectivity index (χ2n) is 5.85. The zero-order valence-corrected chi connectivity index (χ0v) is 14.4. The third kappa shape index (κ3) is 3.95. The molecule has 1 amide bonds. The standard InChI is InChI=1S/C21H17NO5/c1-3-18(23)26-14-11-15-16(10-13-8-6-5-7-9-13)22-21(25)20(15)17(12-14)27-19(24)4-2/h3-9,11-12,16H,1-2,10H2,(H,22,25). The minimum atomic E-state index is -0.719. The Hall–Kier alpha value is -3.67. The molecular weight excluding hydrogens is 346 g/mol. The maximum absolute atomic E-state index is 12.5. The van der Waals surface area contributed by atoms with E-state index < -0.39 is 11.9 Å². The van der Waals surface area contributed by atoms with Crippen LogP contribution in [0.3, 0.4) is 0 Å². The quantitative estimate of drug-likeness (QED) is 0.485. The number of amides is 1. The van der Waals surface area contributed by atoms with Crippen molar-refractivity contribution in [3.05, 3.63) is 84.5 Å². The van der Waals surface area contributed by atoms with Crippen LogP contribution in [0.1, 0.15) is 27.5 Å². The van der Waals surface area contributed by atoms with Crippen LogP contribution in [0.25, 0.3) is 0 Å². The summed E-state index contributed by atoms with van der Waals surface area (Å²) in [5, 5.41) is 2.88. The van der Waals surface area contributed by atoms with Gasteiger partial charge in [-0.15, -0.1) is 0 Å². The fourth-order valence-electron chi connectivity index (χ4n) is 2.89. The van der Waals surface area contributed by atoms with Crippen molar-refractivity contribution >= 4 is 17.8 Å². The van der Waals surface area contributed by atoms with E-state index in [1.807, 2.05) is 30.3 Å². The number of esters is 2. The molecule has 0 bridgehead atoms. The van der Waals surface area contributed by atoms with Gasteiger partial charge in [0.25, 0.3) is 5.91 Å². The van der Waals surface area contributed by atoms with Gasteiger partial charge in [-0.1, -0.05) is 43.5 Å². The van der Waals surface area contributed by atoms with E-state index in [-0.39, 0.29) is 29.0 Å². The number of ether oxygens (including phenoxy) is 2. The first-order valence-electron chi connectivity index (χ1n) is 8.23. The number of rotatable bonds is 6. The van der Waals surface area contributed by atoms with Gasteiger partial charge in [-0.3, -0.25) is 4.79 Å². The molecule has 1 aliphatic rings. The molecular formula is C21H17NO5. The maximum Gasteiger partial charge on any atom is 0.335 e.